The molecule has 0 aliphatic rings. The van der Waals surface area contributed by atoms with Crippen LogP contribution in [0.2, 0.25) is 0 Å². The number of aliphatic imine (C=N–C) groups is 1. The van der Waals surface area contributed by atoms with Gasteiger partial charge in [-0.2, -0.15) is 0 Å². The summed E-state index contributed by atoms with van der Waals surface area (Å²) < 4.78 is 5.58. The zero-order chi connectivity index (χ0) is 22.4. The van der Waals surface area contributed by atoms with E-state index in [1.54, 1.807) is 61.6 Å². The second-order valence-corrected chi connectivity index (χ2v) is 6.62. The van der Waals surface area contributed by atoms with Gasteiger partial charge in [-0.05, 0) is 47.2 Å². The number of hydrogen-bond donors (Lipinski definition) is 5. The van der Waals surface area contributed by atoms with E-state index in [0.29, 0.717) is 27.8 Å². The Balaban J connectivity index is 1.90. The highest BCUT2D eigenvalue weighted by Crippen LogP contribution is 2.30. The van der Waals surface area contributed by atoms with Crippen molar-refractivity contribution in [1.29, 1.82) is 5.41 Å². The van der Waals surface area contributed by atoms with Crippen LogP contribution >= 0.6 is 0 Å². The molecule has 0 aromatic heterocycles. The minimum absolute atomic E-state index is 0.0663. The van der Waals surface area contributed by atoms with Crippen LogP contribution in [0.4, 0.5) is 5.69 Å². The highest BCUT2D eigenvalue weighted by molar-refractivity contribution is 6.01. The Kier molecular flexibility index (Phi) is 6.58. The van der Waals surface area contributed by atoms with Crippen LogP contribution in [0.15, 0.2) is 59.6 Å². The molecule has 0 aliphatic heterocycles. The normalized spacial score (nSPS) is 10.9. The van der Waals surface area contributed by atoms with E-state index in [4.69, 9.17) is 21.6 Å². The Morgan fingerprint density at radius 1 is 1.06 bits per heavy atom. The first-order valence-electron chi connectivity index (χ1n) is 9.34. The highest BCUT2D eigenvalue weighted by atomic mass is 16.5. The van der Waals surface area contributed by atoms with Crippen LogP contribution in [0.5, 0.6) is 5.75 Å². The number of amides is 1. The lowest BCUT2D eigenvalue weighted by atomic mass is 9.98. The van der Waals surface area contributed by atoms with Crippen LogP contribution in [0.1, 0.15) is 21.5 Å². The fourth-order valence-corrected chi connectivity index (χ4v) is 3.01. The van der Waals surface area contributed by atoms with Crippen molar-refractivity contribution in [2.75, 3.05) is 7.05 Å². The average molecular weight is 418 g/mol. The summed E-state index contributed by atoms with van der Waals surface area (Å²) in [6.07, 6.45) is 1.38. The number of ether oxygens (including phenoxy) is 1. The SMILES string of the molecule is CNNC=Nc1ccc(C(=O)Oc2ccc3cc(C(=N)N)ccc3c2CC(N)=O)cc1. The molecule has 0 aliphatic carbocycles. The second-order valence-electron chi connectivity index (χ2n) is 6.62. The number of carbonyl (C=O) groups is 2. The van der Waals surface area contributed by atoms with Crippen molar-refractivity contribution in [3.8, 4) is 5.75 Å². The second kappa shape index (κ2) is 9.51. The van der Waals surface area contributed by atoms with Crippen molar-refractivity contribution in [3.05, 3.63) is 71.3 Å². The standard InChI is InChI=1S/C22H22N6O3/c1-26-28-12-27-16-6-2-13(3-7-16)22(30)31-19-9-5-14-10-15(21(24)25)4-8-17(14)18(19)11-20(23)29/h2-10,12,26H,11H2,1H3,(H2,23,29)(H3,24,25)(H,27,28). The van der Waals surface area contributed by atoms with Gasteiger partial charge in [0.15, 0.2) is 0 Å². The minimum atomic E-state index is -0.575. The zero-order valence-corrected chi connectivity index (χ0v) is 16.8. The van der Waals surface area contributed by atoms with E-state index < -0.39 is 11.9 Å². The van der Waals surface area contributed by atoms with Crippen LogP contribution in [-0.2, 0) is 11.2 Å². The number of rotatable bonds is 8. The fourth-order valence-electron chi connectivity index (χ4n) is 3.01. The molecule has 0 heterocycles. The largest absolute Gasteiger partial charge is 0.423 e. The van der Waals surface area contributed by atoms with Gasteiger partial charge in [-0.1, -0.05) is 18.2 Å². The van der Waals surface area contributed by atoms with E-state index in [0.717, 1.165) is 5.39 Å². The van der Waals surface area contributed by atoms with Crippen LogP contribution in [0.3, 0.4) is 0 Å². The molecule has 0 saturated heterocycles. The highest BCUT2D eigenvalue weighted by Gasteiger charge is 2.16. The number of hydrogen-bond acceptors (Lipinski definition) is 6. The zero-order valence-electron chi connectivity index (χ0n) is 16.8. The molecule has 7 N–H and O–H groups in total. The number of carbonyl (C=O) groups excluding carboxylic acids is 2. The summed E-state index contributed by atoms with van der Waals surface area (Å²) in [5.74, 6) is -0.956. The molecule has 0 radical (unpaired) electrons. The van der Waals surface area contributed by atoms with Gasteiger partial charge in [0.05, 0.1) is 17.7 Å². The van der Waals surface area contributed by atoms with Gasteiger partial charge in [-0.15, -0.1) is 0 Å². The fraction of sp³-hybridized carbons (Fsp3) is 0.0909. The monoisotopic (exact) mass is 418 g/mol. The Hall–Kier alpha value is -4.24. The van der Waals surface area contributed by atoms with Crippen molar-refractivity contribution in [1.82, 2.24) is 10.9 Å². The molecular formula is C22H22N6O3. The lowest BCUT2D eigenvalue weighted by Gasteiger charge is -2.13. The van der Waals surface area contributed by atoms with Gasteiger partial charge in [-0.3, -0.25) is 10.2 Å². The first-order chi connectivity index (χ1) is 14.9. The molecule has 0 atom stereocenters. The number of esters is 1. The number of primary amides is 1. The van der Waals surface area contributed by atoms with Gasteiger partial charge >= 0.3 is 5.97 Å². The van der Waals surface area contributed by atoms with Gasteiger partial charge < -0.3 is 21.6 Å². The summed E-state index contributed by atoms with van der Waals surface area (Å²) in [7, 11) is 1.71. The van der Waals surface area contributed by atoms with E-state index >= 15 is 0 Å². The van der Waals surface area contributed by atoms with Crippen molar-refractivity contribution in [3.63, 3.8) is 0 Å². The molecule has 3 rings (SSSR count). The predicted molar refractivity (Wildman–Crippen MR) is 120 cm³/mol. The lowest BCUT2D eigenvalue weighted by molar-refractivity contribution is -0.117. The molecule has 31 heavy (non-hydrogen) atoms. The van der Waals surface area contributed by atoms with Crippen LogP contribution in [-0.4, -0.2) is 31.1 Å². The van der Waals surface area contributed by atoms with Crippen LogP contribution in [0, 0.1) is 5.41 Å². The summed E-state index contributed by atoms with van der Waals surface area (Å²) in [5.41, 5.74) is 18.4. The quantitative estimate of drug-likeness (QED) is 0.123. The number of fused-ring (bicyclic) bond motifs is 1. The molecule has 3 aromatic rings. The van der Waals surface area contributed by atoms with Gasteiger partial charge in [0, 0.05) is 18.2 Å². The van der Waals surface area contributed by atoms with Crippen molar-refractivity contribution in [2.45, 2.75) is 6.42 Å². The molecule has 0 bridgehead atoms. The van der Waals surface area contributed by atoms with Crippen molar-refractivity contribution < 1.29 is 14.3 Å². The lowest BCUT2D eigenvalue weighted by Crippen LogP contribution is -2.25. The molecule has 1 amide bonds. The maximum Gasteiger partial charge on any atom is 0.343 e. The third-order valence-corrected chi connectivity index (χ3v) is 4.48. The summed E-state index contributed by atoms with van der Waals surface area (Å²) in [6, 6.07) is 15.0. The van der Waals surface area contributed by atoms with Crippen LogP contribution < -0.4 is 27.1 Å². The molecule has 3 aromatic carbocycles. The number of nitrogens with one attached hydrogen (secondary N) is 3. The summed E-state index contributed by atoms with van der Waals surface area (Å²) in [4.78, 5) is 28.5. The Bertz CT molecular complexity index is 1170. The van der Waals surface area contributed by atoms with Gasteiger partial charge in [0.1, 0.15) is 17.9 Å². The Morgan fingerprint density at radius 3 is 2.42 bits per heavy atom. The van der Waals surface area contributed by atoms with E-state index in [1.165, 1.54) is 6.34 Å². The number of nitrogens with two attached hydrogens (primary N) is 2. The number of nitrogen functional groups attached to an aromatic ring is 1. The molecule has 9 heteroatoms. The van der Waals surface area contributed by atoms with Gasteiger partial charge in [0.25, 0.3) is 0 Å². The predicted octanol–water partition coefficient (Wildman–Crippen LogP) is 1.75. The number of nitrogens with zero attached hydrogens (tertiary/aromatic N) is 1. The third-order valence-electron chi connectivity index (χ3n) is 4.48. The molecule has 9 nitrogen and oxygen atoms in total. The average Bonchev–Trinajstić information content (AvgIpc) is 2.75. The molecule has 0 fully saturated rings. The first kappa shape index (κ1) is 21.5. The molecule has 0 spiro atoms. The smallest absolute Gasteiger partial charge is 0.343 e. The topological polar surface area (TPSA) is 156 Å². The third kappa shape index (κ3) is 5.22. The number of amidine groups is 1. The van der Waals surface area contributed by atoms with Gasteiger partial charge in [-0.25, -0.2) is 15.2 Å². The van der Waals surface area contributed by atoms with Crippen molar-refractivity contribution >= 4 is 40.5 Å². The minimum Gasteiger partial charge on any atom is -0.423 e. The maximum absolute atomic E-state index is 12.7. The Morgan fingerprint density at radius 2 is 1.77 bits per heavy atom. The molecule has 0 saturated carbocycles. The summed E-state index contributed by atoms with van der Waals surface area (Å²) in [6.45, 7) is 0. The molecule has 0 unspecified atom stereocenters. The number of benzene rings is 3. The molecular weight excluding hydrogens is 396 g/mol. The van der Waals surface area contributed by atoms with Crippen molar-refractivity contribution in [2.24, 2.45) is 16.5 Å². The number of hydrazine groups is 1. The summed E-state index contributed by atoms with van der Waals surface area (Å²) in [5, 5.41) is 9.03. The molecule has 158 valence electrons. The van der Waals surface area contributed by atoms with Crippen LogP contribution in [0.25, 0.3) is 10.8 Å². The van der Waals surface area contributed by atoms with E-state index in [9.17, 15) is 9.59 Å². The summed E-state index contributed by atoms with van der Waals surface area (Å²) >= 11 is 0. The maximum atomic E-state index is 12.7. The van der Waals surface area contributed by atoms with E-state index in [1.807, 2.05) is 0 Å². The van der Waals surface area contributed by atoms with Gasteiger partial charge in [0.2, 0.25) is 5.91 Å². The van der Waals surface area contributed by atoms with E-state index in [-0.39, 0.29) is 18.0 Å². The first-order valence-corrected chi connectivity index (χ1v) is 9.34. The Labute approximate surface area is 178 Å². The van der Waals surface area contributed by atoms with E-state index in [2.05, 4.69) is 15.8 Å².